The summed E-state index contributed by atoms with van der Waals surface area (Å²) >= 11 is 3.16. The molecule has 0 aliphatic carbocycles. The summed E-state index contributed by atoms with van der Waals surface area (Å²) in [6.45, 7) is 0. The average Bonchev–Trinajstić information content (AvgIpc) is 2.80. The molecular weight excluding hydrogens is 320 g/mol. The minimum atomic E-state index is -3.73. The van der Waals surface area contributed by atoms with Crippen LogP contribution in [0.25, 0.3) is 0 Å². The fourth-order valence-electron chi connectivity index (χ4n) is 1.30. The highest BCUT2D eigenvalue weighted by molar-refractivity contribution is 9.10. The summed E-state index contributed by atoms with van der Waals surface area (Å²) in [7, 11) is -3.73. The van der Waals surface area contributed by atoms with E-state index in [1.54, 1.807) is 0 Å². The van der Waals surface area contributed by atoms with Crippen molar-refractivity contribution in [3.05, 3.63) is 40.6 Å². The van der Waals surface area contributed by atoms with Gasteiger partial charge in [0.05, 0.1) is 28.4 Å². The van der Waals surface area contributed by atoms with Crippen molar-refractivity contribution >= 4 is 31.6 Å². The maximum atomic E-state index is 12.0. The number of sulfonamides is 1. The molecule has 8 heteroatoms. The van der Waals surface area contributed by atoms with Crippen molar-refractivity contribution in [1.29, 1.82) is 5.26 Å². The predicted octanol–water partition coefficient (Wildman–Crippen LogP) is 1.84. The maximum Gasteiger partial charge on any atom is 0.262 e. The molecule has 0 saturated carbocycles. The molecule has 1 aromatic carbocycles. The average molecular weight is 327 g/mol. The molecule has 1 aromatic heterocycles. The Balaban J connectivity index is 2.42. The van der Waals surface area contributed by atoms with Crippen LogP contribution in [0, 0.1) is 11.3 Å². The molecule has 18 heavy (non-hydrogen) atoms. The Morgan fingerprint density at radius 3 is 2.78 bits per heavy atom. The molecule has 0 unspecified atom stereocenters. The summed E-state index contributed by atoms with van der Waals surface area (Å²) in [5, 5.41) is 14.9. The summed E-state index contributed by atoms with van der Waals surface area (Å²) in [4.78, 5) is 0.00891. The lowest BCUT2D eigenvalue weighted by molar-refractivity contribution is 0.601. The van der Waals surface area contributed by atoms with Gasteiger partial charge in [-0.05, 0) is 18.2 Å². The van der Waals surface area contributed by atoms with E-state index in [4.69, 9.17) is 5.26 Å². The smallest absolute Gasteiger partial charge is 0.262 e. The fourth-order valence-corrected chi connectivity index (χ4v) is 3.05. The molecule has 92 valence electrons. The molecule has 6 nitrogen and oxygen atoms in total. The molecule has 0 radical (unpaired) electrons. The van der Waals surface area contributed by atoms with Gasteiger partial charge < -0.3 is 0 Å². The van der Waals surface area contributed by atoms with E-state index in [2.05, 4.69) is 30.8 Å². The summed E-state index contributed by atoms with van der Waals surface area (Å²) in [5.41, 5.74) is 0.588. The Kier molecular flexibility index (Phi) is 3.36. The number of hydrogen-bond donors (Lipinski definition) is 2. The van der Waals surface area contributed by atoms with Crippen LogP contribution >= 0.6 is 15.9 Å². The van der Waals surface area contributed by atoms with Crippen LogP contribution in [-0.4, -0.2) is 18.6 Å². The maximum absolute atomic E-state index is 12.0. The fraction of sp³-hybridized carbons (Fsp3) is 0. The Morgan fingerprint density at radius 2 is 2.17 bits per heavy atom. The number of rotatable bonds is 3. The molecule has 0 fully saturated rings. The zero-order valence-corrected chi connectivity index (χ0v) is 11.3. The first-order valence-electron chi connectivity index (χ1n) is 4.73. The number of H-pyrrole nitrogens is 1. The molecule has 2 N–H and O–H groups in total. The lowest BCUT2D eigenvalue weighted by Gasteiger charge is -2.06. The van der Waals surface area contributed by atoms with Crippen LogP contribution in [0.1, 0.15) is 5.56 Å². The van der Waals surface area contributed by atoms with Gasteiger partial charge in [0.25, 0.3) is 10.0 Å². The van der Waals surface area contributed by atoms with E-state index in [0.29, 0.717) is 10.2 Å². The van der Waals surface area contributed by atoms with Crippen LogP contribution < -0.4 is 4.72 Å². The van der Waals surface area contributed by atoms with Crippen molar-refractivity contribution in [1.82, 2.24) is 10.2 Å². The van der Waals surface area contributed by atoms with Crippen molar-refractivity contribution in [2.75, 3.05) is 4.72 Å². The highest BCUT2D eigenvalue weighted by Gasteiger charge is 2.16. The number of benzene rings is 1. The molecule has 0 saturated heterocycles. The Morgan fingerprint density at radius 1 is 1.39 bits per heavy atom. The third-order valence-corrected chi connectivity index (χ3v) is 3.88. The third kappa shape index (κ3) is 2.69. The first kappa shape index (κ1) is 12.6. The van der Waals surface area contributed by atoms with Crippen LogP contribution in [0.3, 0.4) is 0 Å². The Labute approximate surface area is 112 Å². The number of anilines is 1. The van der Waals surface area contributed by atoms with E-state index in [0.717, 1.165) is 0 Å². The molecule has 0 aliphatic heterocycles. The van der Waals surface area contributed by atoms with Gasteiger partial charge in [-0.3, -0.25) is 9.82 Å². The van der Waals surface area contributed by atoms with E-state index in [1.165, 1.54) is 30.6 Å². The second-order valence-electron chi connectivity index (χ2n) is 3.38. The van der Waals surface area contributed by atoms with Crippen LogP contribution in [0.5, 0.6) is 0 Å². The molecule has 0 spiro atoms. The number of aromatic amines is 1. The molecule has 2 aromatic rings. The lowest BCUT2D eigenvalue weighted by atomic mass is 10.2. The first-order chi connectivity index (χ1) is 8.51. The third-order valence-electron chi connectivity index (χ3n) is 2.06. The van der Waals surface area contributed by atoms with Gasteiger partial charge in [0, 0.05) is 10.7 Å². The largest absolute Gasteiger partial charge is 0.284 e. The molecule has 0 bridgehead atoms. The van der Waals surface area contributed by atoms with Gasteiger partial charge in [-0.15, -0.1) is 0 Å². The minimum absolute atomic E-state index is 0.00891. The summed E-state index contributed by atoms with van der Waals surface area (Å²) in [6.07, 6.45) is 2.77. The van der Waals surface area contributed by atoms with E-state index < -0.39 is 10.0 Å². The van der Waals surface area contributed by atoms with Crippen LogP contribution in [0.4, 0.5) is 5.69 Å². The highest BCUT2D eigenvalue weighted by atomic mass is 79.9. The van der Waals surface area contributed by atoms with Gasteiger partial charge in [0.2, 0.25) is 0 Å². The van der Waals surface area contributed by atoms with Crippen molar-refractivity contribution in [3.8, 4) is 6.07 Å². The van der Waals surface area contributed by atoms with Gasteiger partial charge in [-0.2, -0.15) is 10.4 Å². The van der Waals surface area contributed by atoms with Gasteiger partial charge >= 0.3 is 0 Å². The molecule has 0 atom stereocenters. The van der Waals surface area contributed by atoms with Crippen molar-refractivity contribution in [3.63, 3.8) is 0 Å². The SMILES string of the molecule is N#Cc1cc(Br)cc(S(=O)(=O)Nc2cn[nH]c2)c1. The number of aromatic nitrogens is 2. The van der Waals surface area contributed by atoms with Crippen LogP contribution in [0.15, 0.2) is 40.0 Å². The number of hydrogen-bond acceptors (Lipinski definition) is 4. The van der Waals surface area contributed by atoms with E-state index in [-0.39, 0.29) is 10.5 Å². The Hall–Kier alpha value is -1.85. The molecular formula is C10H7BrN4O2S. The summed E-state index contributed by atoms with van der Waals surface area (Å²) in [6, 6.07) is 6.16. The van der Waals surface area contributed by atoms with Gasteiger partial charge in [-0.1, -0.05) is 15.9 Å². The van der Waals surface area contributed by atoms with Gasteiger partial charge in [0.1, 0.15) is 0 Å². The van der Waals surface area contributed by atoms with Gasteiger partial charge in [-0.25, -0.2) is 8.42 Å². The van der Waals surface area contributed by atoms with Crippen LogP contribution in [-0.2, 0) is 10.0 Å². The molecule has 2 rings (SSSR count). The predicted molar refractivity (Wildman–Crippen MR) is 68.3 cm³/mol. The number of nitriles is 1. The molecule has 0 aliphatic rings. The second-order valence-corrected chi connectivity index (χ2v) is 5.98. The zero-order chi connectivity index (χ0) is 13.2. The number of nitrogens with zero attached hydrogens (tertiary/aromatic N) is 2. The van der Waals surface area contributed by atoms with Crippen LogP contribution in [0.2, 0.25) is 0 Å². The van der Waals surface area contributed by atoms with Gasteiger partial charge in [0.15, 0.2) is 0 Å². The second kappa shape index (κ2) is 4.80. The monoisotopic (exact) mass is 326 g/mol. The van der Waals surface area contributed by atoms with E-state index >= 15 is 0 Å². The van der Waals surface area contributed by atoms with E-state index in [9.17, 15) is 8.42 Å². The minimum Gasteiger partial charge on any atom is -0.284 e. The topological polar surface area (TPSA) is 98.6 Å². The summed E-state index contributed by atoms with van der Waals surface area (Å²) in [5.74, 6) is 0. The Bertz CT molecular complexity index is 704. The standard InChI is InChI=1S/C10H7BrN4O2S/c11-8-1-7(4-12)2-10(3-8)18(16,17)15-9-5-13-14-6-9/h1-3,5-6,15H,(H,13,14). The number of halogens is 1. The van der Waals surface area contributed by atoms with Crippen molar-refractivity contribution in [2.45, 2.75) is 4.90 Å². The summed E-state index contributed by atoms with van der Waals surface area (Å²) < 4.78 is 26.9. The molecule has 1 heterocycles. The highest BCUT2D eigenvalue weighted by Crippen LogP contribution is 2.21. The van der Waals surface area contributed by atoms with E-state index in [1.807, 2.05) is 6.07 Å². The molecule has 0 amide bonds. The quantitative estimate of drug-likeness (QED) is 0.898. The lowest BCUT2D eigenvalue weighted by Crippen LogP contribution is -2.12. The van der Waals surface area contributed by atoms with Crippen molar-refractivity contribution in [2.24, 2.45) is 0 Å². The normalized spacial score (nSPS) is 10.9. The zero-order valence-electron chi connectivity index (χ0n) is 8.88. The van der Waals surface area contributed by atoms with Crippen molar-refractivity contribution < 1.29 is 8.42 Å². The number of nitrogens with one attached hydrogen (secondary N) is 2. The first-order valence-corrected chi connectivity index (χ1v) is 7.01.